The molecule has 0 radical (unpaired) electrons. The van der Waals surface area contributed by atoms with E-state index in [0.29, 0.717) is 12.8 Å². The quantitative estimate of drug-likeness (QED) is 0.360. The lowest BCUT2D eigenvalue weighted by molar-refractivity contribution is -0.171. The van der Waals surface area contributed by atoms with Crippen molar-refractivity contribution in [3.05, 3.63) is 0 Å². The van der Waals surface area contributed by atoms with E-state index in [1.807, 2.05) is 34.7 Å². The van der Waals surface area contributed by atoms with Crippen LogP contribution in [-0.2, 0) is 25.4 Å². The van der Waals surface area contributed by atoms with E-state index in [0.717, 1.165) is 0 Å². The molecule has 7 nitrogen and oxygen atoms in total. The predicted octanol–water partition coefficient (Wildman–Crippen LogP) is 2.48. The molecule has 0 aliphatic heterocycles. The van der Waals surface area contributed by atoms with Gasteiger partial charge in [0.25, 0.3) is 0 Å². The van der Waals surface area contributed by atoms with Crippen LogP contribution in [0.5, 0.6) is 0 Å². The van der Waals surface area contributed by atoms with Gasteiger partial charge in [-0.15, -0.1) is 0 Å². The second kappa shape index (κ2) is 9.47. The Morgan fingerprint density at radius 2 is 1.48 bits per heavy atom. The molecule has 160 valence electrons. The Morgan fingerprint density at radius 1 is 0.963 bits per heavy atom. The number of nitrogens with one attached hydrogen (secondary N) is 2. The van der Waals surface area contributed by atoms with E-state index in [1.54, 1.807) is 27.7 Å². The minimum absolute atomic E-state index is 0.0251. The molecule has 0 aliphatic rings. The summed E-state index contributed by atoms with van der Waals surface area (Å²) in [4.78, 5) is 25.2. The summed E-state index contributed by atoms with van der Waals surface area (Å²) in [6.07, 6.45) is 0.929. The average Bonchev–Trinajstić information content (AvgIpc) is 2.43. The van der Waals surface area contributed by atoms with Gasteiger partial charge in [-0.1, -0.05) is 13.8 Å². The second-order valence-corrected chi connectivity index (χ2v) is 10.7. The molecule has 0 aromatic rings. The van der Waals surface area contributed by atoms with Crippen molar-refractivity contribution < 1.29 is 23.1 Å². The SMILES string of the molecule is CNC(C)(C)CC(C)(C)OC(=O)C(C)(C)CC(C)(C)C(=O)NCCS(=O)O. The molecule has 0 rings (SSSR count). The van der Waals surface area contributed by atoms with Crippen LogP contribution >= 0.6 is 0 Å². The van der Waals surface area contributed by atoms with E-state index < -0.39 is 27.5 Å². The summed E-state index contributed by atoms with van der Waals surface area (Å²) in [5, 5.41) is 5.86. The molecule has 0 aliphatic carbocycles. The zero-order valence-electron chi connectivity index (χ0n) is 18.3. The third-order valence-electron chi connectivity index (χ3n) is 4.53. The van der Waals surface area contributed by atoms with Gasteiger partial charge >= 0.3 is 5.97 Å². The van der Waals surface area contributed by atoms with E-state index >= 15 is 0 Å². The van der Waals surface area contributed by atoms with Crippen LogP contribution in [-0.4, -0.2) is 51.1 Å². The van der Waals surface area contributed by atoms with Crippen molar-refractivity contribution in [2.75, 3.05) is 19.3 Å². The smallest absolute Gasteiger partial charge is 0.312 e. The number of hydrogen-bond acceptors (Lipinski definition) is 5. The number of amides is 1. The van der Waals surface area contributed by atoms with Crippen molar-refractivity contribution in [1.82, 2.24) is 10.6 Å². The van der Waals surface area contributed by atoms with Gasteiger partial charge in [-0.3, -0.25) is 9.59 Å². The van der Waals surface area contributed by atoms with E-state index in [4.69, 9.17) is 9.29 Å². The lowest BCUT2D eigenvalue weighted by atomic mass is 9.74. The Kier molecular flexibility index (Phi) is 9.13. The summed E-state index contributed by atoms with van der Waals surface area (Å²) in [5.41, 5.74) is -2.52. The van der Waals surface area contributed by atoms with Crippen LogP contribution in [0, 0.1) is 10.8 Å². The van der Waals surface area contributed by atoms with Gasteiger partial charge < -0.3 is 19.9 Å². The Labute approximate surface area is 166 Å². The molecule has 1 unspecified atom stereocenters. The number of hydrogen-bond donors (Lipinski definition) is 3. The zero-order chi connectivity index (χ0) is 21.7. The molecule has 1 amide bonds. The van der Waals surface area contributed by atoms with Crippen LogP contribution in [0.3, 0.4) is 0 Å². The average molecular weight is 407 g/mol. The summed E-state index contributed by atoms with van der Waals surface area (Å²) < 4.78 is 25.3. The molecule has 0 aromatic heterocycles. The third-order valence-corrected chi connectivity index (χ3v) is 5.08. The van der Waals surface area contributed by atoms with Crippen molar-refractivity contribution in [2.24, 2.45) is 10.8 Å². The number of rotatable bonds is 11. The molecular formula is C19H38N2O5S. The molecule has 0 fully saturated rings. The molecule has 1 atom stereocenters. The minimum atomic E-state index is -1.95. The first kappa shape index (κ1) is 26.0. The summed E-state index contributed by atoms with van der Waals surface area (Å²) in [6.45, 7) is 15.0. The van der Waals surface area contributed by atoms with Gasteiger partial charge in [0.2, 0.25) is 5.91 Å². The fourth-order valence-corrected chi connectivity index (χ4v) is 3.60. The monoisotopic (exact) mass is 406 g/mol. The van der Waals surface area contributed by atoms with Crippen molar-refractivity contribution in [3.8, 4) is 0 Å². The molecule has 0 bridgehead atoms. The molecule has 3 N–H and O–H groups in total. The molecule has 0 spiro atoms. The Bertz CT molecular complexity index is 556. The fraction of sp³-hybridized carbons (Fsp3) is 0.895. The standard InChI is InChI=1S/C19H38N2O5S/c1-16(2,14(22)21-10-11-27(24)25)12-17(3,4)15(23)26-19(7,8)13-18(5,6)20-9/h20H,10-13H2,1-9H3,(H,21,22)(H,24,25). The highest BCUT2D eigenvalue weighted by Crippen LogP contribution is 2.36. The predicted molar refractivity (Wildman–Crippen MR) is 109 cm³/mol. The van der Waals surface area contributed by atoms with Gasteiger partial charge in [-0.05, 0) is 55.0 Å². The minimum Gasteiger partial charge on any atom is -0.459 e. The second-order valence-electron chi connectivity index (χ2n) is 9.69. The zero-order valence-corrected chi connectivity index (χ0v) is 19.1. The summed E-state index contributed by atoms with van der Waals surface area (Å²) >= 11 is -1.95. The van der Waals surface area contributed by atoms with Crippen LogP contribution in [0.1, 0.15) is 68.2 Å². The highest BCUT2D eigenvalue weighted by atomic mass is 32.2. The third kappa shape index (κ3) is 9.67. The highest BCUT2D eigenvalue weighted by molar-refractivity contribution is 7.79. The number of carbonyl (C=O) groups is 2. The fourth-order valence-electron chi connectivity index (χ4n) is 3.33. The summed E-state index contributed by atoms with van der Waals surface area (Å²) in [7, 11) is 1.87. The molecule has 0 saturated carbocycles. The Morgan fingerprint density at radius 3 is 1.93 bits per heavy atom. The Hall–Kier alpha value is -0.990. The van der Waals surface area contributed by atoms with Crippen LogP contribution in [0.15, 0.2) is 0 Å². The van der Waals surface area contributed by atoms with Gasteiger partial charge in [-0.2, -0.15) is 0 Å². The molecule has 27 heavy (non-hydrogen) atoms. The lowest BCUT2D eigenvalue weighted by Crippen LogP contribution is -2.47. The van der Waals surface area contributed by atoms with Gasteiger partial charge in [0.15, 0.2) is 11.1 Å². The Balaban J connectivity index is 4.99. The van der Waals surface area contributed by atoms with E-state index in [1.165, 1.54) is 0 Å². The number of ether oxygens (including phenoxy) is 1. The van der Waals surface area contributed by atoms with Crippen LogP contribution < -0.4 is 10.6 Å². The van der Waals surface area contributed by atoms with Gasteiger partial charge in [0, 0.05) is 23.9 Å². The van der Waals surface area contributed by atoms with Crippen molar-refractivity contribution in [3.63, 3.8) is 0 Å². The first-order valence-corrected chi connectivity index (χ1v) is 10.5. The van der Waals surface area contributed by atoms with E-state index in [2.05, 4.69) is 10.6 Å². The highest BCUT2D eigenvalue weighted by Gasteiger charge is 2.42. The maximum Gasteiger partial charge on any atom is 0.312 e. The van der Waals surface area contributed by atoms with E-state index in [-0.39, 0.29) is 29.7 Å². The van der Waals surface area contributed by atoms with Crippen LogP contribution in [0.4, 0.5) is 0 Å². The summed E-state index contributed by atoms with van der Waals surface area (Å²) in [5.74, 6) is -0.635. The van der Waals surface area contributed by atoms with Crippen molar-refractivity contribution in [2.45, 2.75) is 79.4 Å². The lowest BCUT2D eigenvalue weighted by Gasteiger charge is -2.38. The largest absolute Gasteiger partial charge is 0.459 e. The van der Waals surface area contributed by atoms with Gasteiger partial charge in [0.05, 0.1) is 11.2 Å². The van der Waals surface area contributed by atoms with E-state index in [9.17, 15) is 13.8 Å². The van der Waals surface area contributed by atoms with Gasteiger partial charge in [-0.25, -0.2) is 4.21 Å². The molecule has 0 aromatic carbocycles. The van der Waals surface area contributed by atoms with Gasteiger partial charge in [0.1, 0.15) is 5.60 Å². The van der Waals surface area contributed by atoms with Crippen LogP contribution in [0.2, 0.25) is 0 Å². The van der Waals surface area contributed by atoms with Crippen molar-refractivity contribution in [1.29, 1.82) is 0 Å². The van der Waals surface area contributed by atoms with Crippen LogP contribution in [0.25, 0.3) is 0 Å². The maximum atomic E-state index is 12.8. The molecule has 8 heteroatoms. The maximum absolute atomic E-state index is 12.8. The molecular weight excluding hydrogens is 368 g/mol. The normalized spacial score (nSPS) is 14.6. The van der Waals surface area contributed by atoms with Crippen molar-refractivity contribution >= 4 is 23.0 Å². The topological polar surface area (TPSA) is 105 Å². The number of esters is 1. The molecule has 0 saturated heterocycles. The first-order valence-electron chi connectivity index (χ1n) is 9.22. The first-order chi connectivity index (χ1) is 11.9. The number of carbonyl (C=O) groups excluding carboxylic acids is 2. The molecule has 0 heterocycles. The summed E-state index contributed by atoms with van der Waals surface area (Å²) in [6, 6.07) is 0.